The maximum atomic E-state index is 5.89. The Balaban J connectivity index is 2.02. The number of rotatable bonds is 6. The molecule has 0 aliphatic rings. The fourth-order valence-corrected chi connectivity index (χ4v) is 2.21. The first-order valence-corrected chi connectivity index (χ1v) is 7.07. The van der Waals surface area contributed by atoms with E-state index < -0.39 is 0 Å². The third-order valence-corrected chi connectivity index (χ3v) is 3.23. The lowest BCUT2D eigenvalue weighted by molar-refractivity contribution is 0.520. The second-order valence-corrected chi connectivity index (χ2v) is 5.65. The molecule has 2 aromatic heterocycles. The molecule has 0 radical (unpaired) electrons. The molecule has 6 heteroatoms. The summed E-state index contributed by atoms with van der Waals surface area (Å²) >= 11 is 5.89. The highest BCUT2D eigenvalue weighted by atomic mass is 35.5. The Labute approximate surface area is 118 Å². The molecule has 0 spiro atoms. The van der Waals surface area contributed by atoms with Crippen LogP contribution in [0.5, 0.6) is 0 Å². The lowest BCUT2D eigenvalue weighted by Gasteiger charge is -2.15. The van der Waals surface area contributed by atoms with Crippen molar-refractivity contribution in [3.8, 4) is 0 Å². The summed E-state index contributed by atoms with van der Waals surface area (Å²) in [4.78, 5) is 15.4. The van der Waals surface area contributed by atoms with Crippen molar-refractivity contribution in [3.63, 3.8) is 0 Å². The molecule has 0 fully saturated rings. The lowest BCUT2D eigenvalue weighted by atomic mass is 10.0. The van der Waals surface area contributed by atoms with Gasteiger partial charge in [0.1, 0.15) is 5.52 Å². The fourth-order valence-electron chi connectivity index (χ4n) is 2.05. The molecule has 104 valence electrons. The van der Waals surface area contributed by atoms with Crippen LogP contribution < -0.4 is 5.32 Å². The number of nitrogens with zero attached hydrogens (tertiary/aromatic N) is 3. The number of hydrogen-bond acceptors (Lipinski definition) is 4. The van der Waals surface area contributed by atoms with Crippen LogP contribution in [0.4, 0.5) is 5.82 Å². The van der Waals surface area contributed by atoms with Crippen LogP contribution in [-0.2, 0) is 0 Å². The zero-order valence-corrected chi connectivity index (χ0v) is 12.3. The molecule has 2 heterocycles. The first-order valence-electron chi connectivity index (χ1n) is 6.69. The SMILES string of the molecule is CC(C)CCCC(C)Nc1nc(Cl)nc2nc[nH]c12. The maximum absolute atomic E-state index is 5.89. The van der Waals surface area contributed by atoms with Gasteiger partial charge in [0, 0.05) is 6.04 Å². The van der Waals surface area contributed by atoms with E-state index in [1.165, 1.54) is 12.8 Å². The van der Waals surface area contributed by atoms with Gasteiger partial charge in [0.25, 0.3) is 0 Å². The van der Waals surface area contributed by atoms with Crippen LogP contribution in [0, 0.1) is 5.92 Å². The van der Waals surface area contributed by atoms with Crippen molar-refractivity contribution in [1.29, 1.82) is 0 Å². The van der Waals surface area contributed by atoms with E-state index in [0.717, 1.165) is 23.7 Å². The highest BCUT2D eigenvalue weighted by Gasteiger charge is 2.11. The second-order valence-electron chi connectivity index (χ2n) is 5.31. The van der Waals surface area contributed by atoms with Crippen LogP contribution in [0.3, 0.4) is 0 Å². The van der Waals surface area contributed by atoms with E-state index in [-0.39, 0.29) is 5.28 Å². The molecular weight excluding hydrogens is 262 g/mol. The van der Waals surface area contributed by atoms with Crippen LogP contribution in [0.1, 0.15) is 40.0 Å². The summed E-state index contributed by atoms with van der Waals surface area (Å²) in [6, 6.07) is 0.344. The summed E-state index contributed by atoms with van der Waals surface area (Å²) < 4.78 is 0. The van der Waals surface area contributed by atoms with Crippen LogP contribution in [0.15, 0.2) is 6.33 Å². The van der Waals surface area contributed by atoms with Gasteiger partial charge < -0.3 is 10.3 Å². The van der Waals surface area contributed by atoms with Gasteiger partial charge in [0.15, 0.2) is 11.5 Å². The molecule has 0 bridgehead atoms. The Kier molecular flexibility index (Phi) is 4.58. The van der Waals surface area contributed by atoms with Crippen molar-refractivity contribution >= 4 is 28.6 Å². The van der Waals surface area contributed by atoms with Gasteiger partial charge in [-0.05, 0) is 30.9 Å². The zero-order chi connectivity index (χ0) is 13.8. The first kappa shape index (κ1) is 14.1. The molecule has 2 aromatic rings. The van der Waals surface area contributed by atoms with Gasteiger partial charge in [0.2, 0.25) is 5.28 Å². The predicted octanol–water partition coefficient (Wildman–Crippen LogP) is 3.63. The van der Waals surface area contributed by atoms with Crippen molar-refractivity contribution in [1.82, 2.24) is 19.9 Å². The molecule has 0 aliphatic heterocycles. The van der Waals surface area contributed by atoms with E-state index in [4.69, 9.17) is 11.6 Å². The number of imidazole rings is 1. The van der Waals surface area contributed by atoms with Crippen molar-refractivity contribution in [2.75, 3.05) is 5.32 Å². The highest BCUT2D eigenvalue weighted by Crippen LogP contribution is 2.20. The number of halogens is 1. The van der Waals surface area contributed by atoms with Gasteiger partial charge in [-0.15, -0.1) is 0 Å². The third kappa shape index (κ3) is 3.80. The topological polar surface area (TPSA) is 66.5 Å². The number of anilines is 1. The summed E-state index contributed by atoms with van der Waals surface area (Å²) in [5.41, 5.74) is 1.40. The molecule has 19 heavy (non-hydrogen) atoms. The van der Waals surface area contributed by atoms with Gasteiger partial charge in [-0.3, -0.25) is 0 Å². The monoisotopic (exact) mass is 281 g/mol. The Hall–Kier alpha value is -1.36. The van der Waals surface area contributed by atoms with Crippen LogP contribution >= 0.6 is 11.6 Å². The van der Waals surface area contributed by atoms with E-state index in [0.29, 0.717) is 11.7 Å². The Morgan fingerprint density at radius 3 is 2.79 bits per heavy atom. The fraction of sp³-hybridized carbons (Fsp3) is 0.615. The average Bonchev–Trinajstić information content (AvgIpc) is 2.76. The molecule has 0 aliphatic carbocycles. The van der Waals surface area contributed by atoms with E-state index in [2.05, 4.69) is 46.0 Å². The number of fused-ring (bicyclic) bond motifs is 1. The van der Waals surface area contributed by atoms with Gasteiger partial charge in [-0.2, -0.15) is 9.97 Å². The predicted molar refractivity (Wildman–Crippen MR) is 78.5 cm³/mol. The van der Waals surface area contributed by atoms with Crippen molar-refractivity contribution < 1.29 is 0 Å². The maximum Gasteiger partial charge on any atom is 0.226 e. The smallest absolute Gasteiger partial charge is 0.226 e. The number of aromatic amines is 1. The molecule has 5 nitrogen and oxygen atoms in total. The minimum atomic E-state index is 0.219. The van der Waals surface area contributed by atoms with Crippen LogP contribution in [0.2, 0.25) is 5.28 Å². The molecule has 1 unspecified atom stereocenters. The zero-order valence-electron chi connectivity index (χ0n) is 11.6. The Morgan fingerprint density at radius 1 is 1.26 bits per heavy atom. The molecule has 1 atom stereocenters. The summed E-state index contributed by atoms with van der Waals surface area (Å²) in [5.74, 6) is 1.48. The van der Waals surface area contributed by atoms with E-state index in [1.54, 1.807) is 6.33 Å². The number of H-pyrrole nitrogens is 1. The van der Waals surface area contributed by atoms with Gasteiger partial charge in [-0.25, -0.2) is 4.98 Å². The minimum Gasteiger partial charge on any atom is -0.366 e. The molecule has 0 saturated heterocycles. The first-order chi connectivity index (χ1) is 9.06. The largest absolute Gasteiger partial charge is 0.366 e. The van der Waals surface area contributed by atoms with Crippen LogP contribution in [0.25, 0.3) is 11.2 Å². The highest BCUT2D eigenvalue weighted by molar-refractivity contribution is 6.28. The molecule has 0 amide bonds. The van der Waals surface area contributed by atoms with Crippen molar-refractivity contribution in [2.45, 2.75) is 46.1 Å². The van der Waals surface area contributed by atoms with Crippen LogP contribution in [-0.4, -0.2) is 26.0 Å². The quantitative estimate of drug-likeness (QED) is 0.794. The van der Waals surface area contributed by atoms with E-state index >= 15 is 0 Å². The average molecular weight is 282 g/mol. The minimum absolute atomic E-state index is 0.219. The number of nitrogens with one attached hydrogen (secondary N) is 2. The standard InChI is InChI=1S/C13H20ClN5/c1-8(2)5-4-6-9(3)17-12-10-11(16-7-15-10)18-13(14)19-12/h7-9H,4-6H2,1-3H3,(H2,15,16,17,18,19). The third-order valence-electron chi connectivity index (χ3n) is 3.06. The lowest BCUT2D eigenvalue weighted by Crippen LogP contribution is -2.16. The second kappa shape index (κ2) is 6.19. The normalized spacial score (nSPS) is 13.1. The summed E-state index contributed by atoms with van der Waals surface area (Å²) in [6.45, 7) is 6.64. The van der Waals surface area contributed by atoms with E-state index in [1.807, 2.05) is 0 Å². The van der Waals surface area contributed by atoms with Crippen molar-refractivity contribution in [2.24, 2.45) is 5.92 Å². The number of hydrogen-bond donors (Lipinski definition) is 2. The van der Waals surface area contributed by atoms with Gasteiger partial charge in [-0.1, -0.05) is 26.7 Å². The van der Waals surface area contributed by atoms with Gasteiger partial charge >= 0.3 is 0 Å². The Morgan fingerprint density at radius 2 is 2.05 bits per heavy atom. The summed E-state index contributed by atoms with van der Waals surface area (Å²) in [5, 5.41) is 3.60. The Bertz CT molecular complexity index is 537. The van der Waals surface area contributed by atoms with Crippen molar-refractivity contribution in [3.05, 3.63) is 11.6 Å². The molecule has 2 N–H and O–H groups in total. The molecule has 0 saturated carbocycles. The summed E-state index contributed by atoms with van der Waals surface area (Å²) in [6.07, 6.45) is 5.16. The molecule has 0 aromatic carbocycles. The summed E-state index contributed by atoms with van der Waals surface area (Å²) in [7, 11) is 0. The molecule has 2 rings (SSSR count). The number of aromatic nitrogens is 4. The van der Waals surface area contributed by atoms with E-state index in [9.17, 15) is 0 Å². The van der Waals surface area contributed by atoms with Gasteiger partial charge in [0.05, 0.1) is 6.33 Å². The molecular formula is C13H20ClN5.